The third-order valence-corrected chi connectivity index (χ3v) is 4.37. The lowest BCUT2D eigenvalue weighted by Gasteiger charge is -2.32. The average molecular weight is 347 g/mol. The zero-order valence-electron chi connectivity index (χ0n) is 11.9. The third-order valence-electron chi connectivity index (χ3n) is 3.84. The fraction of sp³-hybridized carbons (Fsp3) is 0.375. The predicted octanol–water partition coefficient (Wildman–Crippen LogP) is 3.00. The molecule has 0 bridgehead atoms. The molecule has 2 heterocycles. The van der Waals surface area contributed by atoms with Crippen LogP contribution in [0.1, 0.15) is 18.4 Å². The average Bonchev–Trinajstić information content (AvgIpc) is 2.56. The van der Waals surface area contributed by atoms with Crippen molar-refractivity contribution in [2.24, 2.45) is 0 Å². The van der Waals surface area contributed by atoms with Crippen molar-refractivity contribution in [2.75, 3.05) is 18.0 Å². The summed E-state index contributed by atoms with van der Waals surface area (Å²) in [4.78, 5) is 10.9. The molecule has 2 aromatic rings. The molecule has 0 radical (unpaired) electrons. The van der Waals surface area contributed by atoms with Crippen molar-refractivity contribution in [3.63, 3.8) is 0 Å². The van der Waals surface area contributed by atoms with E-state index in [0.29, 0.717) is 6.04 Å². The molecule has 0 amide bonds. The third kappa shape index (κ3) is 4.02. The van der Waals surface area contributed by atoms with E-state index < -0.39 is 0 Å². The van der Waals surface area contributed by atoms with Gasteiger partial charge in [0.15, 0.2) is 0 Å². The molecule has 0 spiro atoms. The zero-order chi connectivity index (χ0) is 14.5. The van der Waals surface area contributed by atoms with Crippen molar-refractivity contribution in [3.8, 4) is 0 Å². The summed E-state index contributed by atoms with van der Waals surface area (Å²) in [5.74, 6) is 0.851. The summed E-state index contributed by atoms with van der Waals surface area (Å²) in [6, 6.07) is 10.9. The summed E-state index contributed by atoms with van der Waals surface area (Å²) in [6.45, 7) is 2.96. The maximum Gasteiger partial charge on any atom is 0.225 e. The molecule has 1 aromatic carbocycles. The monoisotopic (exact) mass is 346 g/mol. The van der Waals surface area contributed by atoms with Crippen LogP contribution in [-0.4, -0.2) is 29.1 Å². The summed E-state index contributed by atoms with van der Waals surface area (Å²) in [6.07, 6.45) is 5.88. The van der Waals surface area contributed by atoms with Gasteiger partial charge >= 0.3 is 0 Å². The first kappa shape index (κ1) is 14.5. The summed E-state index contributed by atoms with van der Waals surface area (Å²) < 4.78 is 1.13. The Labute approximate surface area is 133 Å². The maximum atomic E-state index is 4.32. The Morgan fingerprint density at radius 3 is 2.43 bits per heavy atom. The van der Waals surface area contributed by atoms with Gasteiger partial charge in [-0.15, -0.1) is 0 Å². The van der Waals surface area contributed by atoms with E-state index in [0.717, 1.165) is 42.9 Å². The first-order valence-electron chi connectivity index (χ1n) is 7.31. The van der Waals surface area contributed by atoms with Crippen LogP contribution in [0.5, 0.6) is 0 Å². The van der Waals surface area contributed by atoms with Crippen LogP contribution in [0.2, 0.25) is 0 Å². The predicted molar refractivity (Wildman–Crippen MR) is 88.2 cm³/mol. The Morgan fingerprint density at radius 1 is 1.10 bits per heavy atom. The number of nitrogens with one attached hydrogen (secondary N) is 1. The Kier molecular flexibility index (Phi) is 4.83. The Hall–Kier alpha value is -1.46. The smallest absolute Gasteiger partial charge is 0.225 e. The molecule has 4 nitrogen and oxygen atoms in total. The fourth-order valence-electron chi connectivity index (χ4n) is 2.60. The molecule has 21 heavy (non-hydrogen) atoms. The van der Waals surface area contributed by atoms with Crippen LogP contribution in [0.3, 0.4) is 0 Å². The molecule has 0 saturated carbocycles. The quantitative estimate of drug-likeness (QED) is 0.923. The minimum atomic E-state index is 0.577. The molecule has 1 aliphatic rings. The molecule has 1 aromatic heterocycles. The van der Waals surface area contributed by atoms with Crippen LogP contribution in [-0.2, 0) is 6.54 Å². The SMILES string of the molecule is Brc1ccc(CNC2CCN(c3ncccn3)CC2)cc1. The minimum Gasteiger partial charge on any atom is -0.341 e. The molecule has 1 fully saturated rings. The standard InChI is InChI=1S/C16H19BrN4/c17-14-4-2-13(3-5-14)12-20-15-6-10-21(11-7-15)16-18-8-1-9-19-16/h1-5,8-9,15,20H,6-7,10-12H2. The van der Waals surface area contributed by atoms with E-state index in [-0.39, 0.29) is 0 Å². The second kappa shape index (κ2) is 7.00. The number of anilines is 1. The van der Waals surface area contributed by atoms with Crippen molar-refractivity contribution in [1.29, 1.82) is 0 Å². The van der Waals surface area contributed by atoms with Gasteiger partial charge in [0.25, 0.3) is 0 Å². The maximum absolute atomic E-state index is 4.32. The Bertz CT molecular complexity index is 550. The molecule has 1 saturated heterocycles. The lowest BCUT2D eigenvalue weighted by molar-refractivity contribution is 0.411. The number of halogens is 1. The number of rotatable bonds is 4. The van der Waals surface area contributed by atoms with E-state index in [1.54, 1.807) is 12.4 Å². The second-order valence-electron chi connectivity index (χ2n) is 5.32. The number of hydrogen-bond donors (Lipinski definition) is 1. The lowest BCUT2D eigenvalue weighted by atomic mass is 10.0. The van der Waals surface area contributed by atoms with E-state index in [2.05, 4.69) is 60.4 Å². The number of aromatic nitrogens is 2. The summed E-state index contributed by atoms with van der Waals surface area (Å²) in [5, 5.41) is 3.65. The van der Waals surface area contributed by atoms with Gasteiger partial charge in [-0.25, -0.2) is 9.97 Å². The van der Waals surface area contributed by atoms with Crippen LogP contribution < -0.4 is 10.2 Å². The normalized spacial score (nSPS) is 16.1. The molecule has 110 valence electrons. The van der Waals surface area contributed by atoms with Gasteiger partial charge in [-0.3, -0.25) is 0 Å². The van der Waals surface area contributed by atoms with E-state index in [4.69, 9.17) is 0 Å². The molecular formula is C16H19BrN4. The molecule has 1 N–H and O–H groups in total. The van der Waals surface area contributed by atoms with Crippen molar-refractivity contribution in [3.05, 3.63) is 52.8 Å². The van der Waals surface area contributed by atoms with E-state index in [1.807, 2.05) is 6.07 Å². The molecule has 0 atom stereocenters. The summed E-state index contributed by atoms with van der Waals surface area (Å²) in [5.41, 5.74) is 1.33. The minimum absolute atomic E-state index is 0.577. The van der Waals surface area contributed by atoms with E-state index >= 15 is 0 Å². The highest BCUT2D eigenvalue weighted by atomic mass is 79.9. The topological polar surface area (TPSA) is 41.0 Å². The highest BCUT2D eigenvalue weighted by Gasteiger charge is 2.20. The van der Waals surface area contributed by atoms with E-state index in [9.17, 15) is 0 Å². The van der Waals surface area contributed by atoms with Gasteiger partial charge in [-0.1, -0.05) is 28.1 Å². The summed E-state index contributed by atoms with van der Waals surface area (Å²) >= 11 is 3.46. The van der Waals surface area contributed by atoms with Crippen molar-refractivity contribution in [1.82, 2.24) is 15.3 Å². The molecule has 3 rings (SSSR count). The van der Waals surface area contributed by atoms with Crippen molar-refractivity contribution in [2.45, 2.75) is 25.4 Å². The molecule has 0 unspecified atom stereocenters. The second-order valence-corrected chi connectivity index (χ2v) is 6.23. The fourth-order valence-corrected chi connectivity index (χ4v) is 2.87. The van der Waals surface area contributed by atoms with Crippen molar-refractivity contribution >= 4 is 21.9 Å². The number of benzene rings is 1. The lowest BCUT2D eigenvalue weighted by Crippen LogP contribution is -2.42. The van der Waals surface area contributed by atoms with Crippen LogP contribution in [0.4, 0.5) is 5.95 Å². The van der Waals surface area contributed by atoms with Gasteiger partial charge in [0.05, 0.1) is 0 Å². The molecule has 0 aliphatic carbocycles. The summed E-state index contributed by atoms with van der Waals surface area (Å²) in [7, 11) is 0. The number of piperidine rings is 1. The first-order valence-corrected chi connectivity index (χ1v) is 8.10. The van der Waals surface area contributed by atoms with Crippen LogP contribution in [0, 0.1) is 0 Å². The Balaban J connectivity index is 1.47. The van der Waals surface area contributed by atoms with Gasteiger partial charge in [0.2, 0.25) is 5.95 Å². The van der Waals surface area contributed by atoms with Gasteiger partial charge < -0.3 is 10.2 Å². The highest BCUT2D eigenvalue weighted by molar-refractivity contribution is 9.10. The molecule has 1 aliphatic heterocycles. The van der Waals surface area contributed by atoms with Gasteiger partial charge in [0.1, 0.15) is 0 Å². The number of nitrogens with zero attached hydrogens (tertiary/aromatic N) is 3. The molecule has 5 heteroatoms. The highest BCUT2D eigenvalue weighted by Crippen LogP contribution is 2.16. The van der Waals surface area contributed by atoms with Crippen LogP contribution >= 0.6 is 15.9 Å². The van der Waals surface area contributed by atoms with Crippen LogP contribution in [0.15, 0.2) is 47.2 Å². The van der Waals surface area contributed by atoms with E-state index in [1.165, 1.54) is 5.56 Å². The van der Waals surface area contributed by atoms with Crippen LogP contribution in [0.25, 0.3) is 0 Å². The van der Waals surface area contributed by atoms with Gasteiger partial charge in [-0.2, -0.15) is 0 Å². The number of hydrogen-bond acceptors (Lipinski definition) is 4. The van der Waals surface area contributed by atoms with Gasteiger partial charge in [-0.05, 0) is 36.6 Å². The Morgan fingerprint density at radius 2 is 1.76 bits per heavy atom. The first-order chi connectivity index (χ1) is 10.3. The zero-order valence-corrected chi connectivity index (χ0v) is 13.5. The van der Waals surface area contributed by atoms with Crippen molar-refractivity contribution < 1.29 is 0 Å². The van der Waals surface area contributed by atoms with Gasteiger partial charge in [0, 0.05) is 42.5 Å². The largest absolute Gasteiger partial charge is 0.341 e. The molecular weight excluding hydrogens is 328 g/mol.